The van der Waals surface area contributed by atoms with Crippen LogP contribution in [0.2, 0.25) is 0 Å². The zero-order chi connectivity index (χ0) is 22.9. The van der Waals surface area contributed by atoms with Crippen molar-refractivity contribution < 1.29 is 4.74 Å². The average Bonchev–Trinajstić information content (AvgIpc) is 3.16. The number of thiophene rings is 1. The Bertz CT molecular complexity index is 1130. The fourth-order valence-electron chi connectivity index (χ4n) is 4.25. The van der Waals surface area contributed by atoms with Crippen molar-refractivity contribution in [3.05, 3.63) is 82.1 Å². The molecule has 0 amide bonds. The number of ether oxygens (including phenoxy) is 1. The van der Waals surface area contributed by atoms with Gasteiger partial charge in [0.2, 0.25) is 0 Å². The maximum Gasteiger partial charge on any atom is 0.160 e. The van der Waals surface area contributed by atoms with Crippen molar-refractivity contribution in [3.63, 3.8) is 0 Å². The number of benzene rings is 3. The van der Waals surface area contributed by atoms with E-state index in [1.807, 2.05) is 30.3 Å². The summed E-state index contributed by atoms with van der Waals surface area (Å²) >= 11 is 5.42. The van der Waals surface area contributed by atoms with Crippen LogP contribution in [0.1, 0.15) is 63.9 Å². The van der Waals surface area contributed by atoms with E-state index in [-0.39, 0.29) is 0 Å². The van der Waals surface area contributed by atoms with Gasteiger partial charge in [-0.3, -0.25) is 0 Å². The van der Waals surface area contributed by atoms with E-state index in [4.69, 9.17) is 4.74 Å². The summed E-state index contributed by atoms with van der Waals surface area (Å²) in [6.07, 6.45) is 12.2. The van der Waals surface area contributed by atoms with E-state index in [1.54, 1.807) is 11.3 Å². The molecule has 0 N–H and O–H groups in total. The Morgan fingerprint density at radius 1 is 0.727 bits per heavy atom. The van der Waals surface area contributed by atoms with Gasteiger partial charge in [0.25, 0.3) is 0 Å². The third-order valence-corrected chi connectivity index (χ3v) is 7.94. The molecule has 0 saturated carbocycles. The summed E-state index contributed by atoms with van der Waals surface area (Å²) in [6, 6.07) is 25.8. The van der Waals surface area contributed by atoms with Crippen LogP contribution < -0.4 is 4.74 Å². The molecule has 0 unspecified atom stereocenters. The molecule has 0 aliphatic rings. The first-order valence-electron chi connectivity index (χ1n) is 12.3. The lowest BCUT2D eigenvalue weighted by Crippen LogP contribution is -1.87. The molecule has 0 saturated heterocycles. The lowest BCUT2D eigenvalue weighted by molar-refractivity contribution is 0.487. The Kier molecular flexibility index (Phi) is 9.02. The fourth-order valence-corrected chi connectivity index (χ4v) is 5.96. The Morgan fingerprint density at radius 3 is 2.12 bits per heavy atom. The first-order chi connectivity index (χ1) is 16.2. The Balaban J connectivity index is 1.35. The van der Waals surface area contributed by atoms with Crippen molar-refractivity contribution in [2.75, 3.05) is 0 Å². The van der Waals surface area contributed by atoms with Crippen molar-refractivity contribution in [3.8, 4) is 22.6 Å². The summed E-state index contributed by atoms with van der Waals surface area (Å²) in [4.78, 5) is 0. The van der Waals surface area contributed by atoms with Crippen LogP contribution in [-0.2, 0) is 6.42 Å². The molecule has 0 fully saturated rings. The van der Waals surface area contributed by atoms with Gasteiger partial charge in [-0.15, -0.1) is 11.3 Å². The molecule has 1 nitrogen and oxygen atoms in total. The number of halogens is 1. The molecule has 1 heterocycles. The van der Waals surface area contributed by atoms with E-state index in [1.165, 1.54) is 79.2 Å². The van der Waals surface area contributed by atoms with Crippen molar-refractivity contribution >= 4 is 37.4 Å². The topological polar surface area (TPSA) is 9.23 Å². The van der Waals surface area contributed by atoms with E-state index in [9.17, 15) is 0 Å². The van der Waals surface area contributed by atoms with E-state index < -0.39 is 0 Å². The number of hydrogen-bond acceptors (Lipinski definition) is 2. The van der Waals surface area contributed by atoms with Crippen molar-refractivity contribution in [1.82, 2.24) is 0 Å². The predicted molar refractivity (Wildman–Crippen MR) is 148 cm³/mol. The van der Waals surface area contributed by atoms with Crippen molar-refractivity contribution in [2.45, 2.75) is 64.7 Å². The molecule has 4 aromatic rings. The second-order valence-corrected chi connectivity index (χ2v) is 11.1. The van der Waals surface area contributed by atoms with Crippen LogP contribution in [0.3, 0.4) is 0 Å². The summed E-state index contributed by atoms with van der Waals surface area (Å²) < 4.78 is 8.42. The normalized spacial score (nSPS) is 11.2. The quantitative estimate of drug-likeness (QED) is 0.169. The van der Waals surface area contributed by atoms with Gasteiger partial charge in [0.05, 0.1) is 0 Å². The third kappa shape index (κ3) is 6.71. The number of fused-ring (bicyclic) bond motifs is 1. The molecule has 3 aromatic carbocycles. The lowest BCUT2D eigenvalue weighted by Gasteiger charge is -2.07. The molecular weight excluding hydrogens is 488 g/mol. The highest BCUT2D eigenvalue weighted by Crippen LogP contribution is 2.44. The highest BCUT2D eigenvalue weighted by atomic mass is 79.9. The molecule has 1 aromatic heterocycles. The SMILES string of the molecule is CCCCCCCCCCc1ccc(-c2ccc3c(Oc4ccccc4)c(Br)sc3c2)cc1. The molecule has 0 atom stereocenters. The number of hydrogen-bond donors (Lipinski definition) is 0. The summed E-state index contributed by atoms with van der Waals surface area (Å²) in [6.45, 7) is 2.28. The molecule has 3 heteroatoms. The van der Waals surface area contributed by atoms with Gasteiger partial charge >= 0.3 is 0 Å². The molecule has 0 aliphatic heterocycles. The molecule has 4 rings (SSSR count). The van der Waals surface area contributed by atoms with Crippen LogP contribution in [0.25, 0.3) is 21.2 Å². The second kappa shape index (κ2) is 12.4. The number of rotatable bonds is 12. The van der Waals surface area contributed by atoms with Gasteiger partial charge in [-0.25, -0.2) is 0 Å². The van der Waals surface area contributed by atoms with E-state index in [2.05, 4.69) is 65.3 Å². The van der Waals surface area contributed by atoms with E-state index in [0.29, 0.717) is 0 Å². The number of unbranched alkanes of at least 4 members (excludes halogenated alkanes) is 7. The predicted octanol–water partition coefficient (Wildman–Crippen LogP) is 10.8. The van der Waals surface area contributed by atoms with Gasteiger partial charge in [-0.2, -0.15) is 0 Å². The minimum Gasteiger partial charge on any atom is -0.455 e. The van der Waals surface area contributed by atoms with Crippen molar-refractivity contribution in [2.24, 2.45) is 0 Å². The molecular formula is C30H33BrOS. The summed E-state index contributed by atoms with van der Waals surface area (Å²) in [5.41, 5.74) is 3.97. The second-order valence-electron chi connectivity index (χ2n) is 8.75. The van der Waals surface area contributed by atoms with Crippen LogP contribution in [0.4, 0.5) is 0 Å². The third-order valence-electron chi connectivity index (χ3n) is 6.17. The van der Waals surface area contributed by atoms with Crippen molar-refractivity contribution in [1.29, 1.82) is 0 Å². The highest BCUT2D eigenvalue weighted by molar-refractivity contribution is 9.11. The first kappa shape index (κ1) is 24.0. The average molecular weight is 522 g/mol. The first-order valence-corrected chi connectivity index (χ1v) is 13.9. The van der Waals surface area contributed by atoms with E-state index in [0.717, 1.165) is 20.7 Å². The Labute approximate surface area is 210 Å². The minimum absolute atomic E-state index is 0.856. The zero-order valence-corrected chi connectivity index (χ0v) is 21.9. The van der Waals surface area contributed by atoms with Gasteiger partial charge < -0.3 is 4.74 Å². The summed E-state index contributed by atoms with van der Waals surface area (Å²) in [5.74, 6) is 1.75. The van der Waals surface area contributed by atoms with Crippen LogP contribution in [0.15, 0.2) is 76.6 Å². The monoisotopic (exact) mass is 520 g/mol. The maximum atomic E-state index is 6.17. The number of para-hydroxylation sites is 1. The van der Waals surface area contributed by atoms with Gasteiger partial charge in [0.1, 0.15) is 9.54 Å². The lowest BCUT2D eigenvalue weighted by atomic mass is 10.00. The van der Waals surface area contributed by atoms with Gasteiger partial charge in [0.15, 0.2) is 5.75 Å². The molecule has 0 aliphatic carbocycles. The van der Waals surface area contributed by atoms with E-state index >= 15 is 0 Å². The largest absolute Gasteiger partial charge is 0.455 e. The van der Waals surface area contributed by atoms with Crippen LogP contribution in [0, 0.1) is 0 Å². The smallest absolute Gasteiger partial charge is 0.160 e. The Hall–Kier alpha value is -2.10. The molecule has 0 bridgehead atoms. The molecule has 0 spiro atoms. The summed E-state index contributed by atoms with van der Waals surface area (Å²) in [5, 5.41) is 1.14. The van der Waals surface area contributed by atoms with Crippen LogP contribution in [-0.4, -0.2) is 0 Å². The standard InChI is InChI=1S/C30H33BrOS/c1-2-3-4-5-6-7-8-10-13-23-16-18-24(19-17-23)25-20-21-27-28(22-25)33-30(31)29(27)32-26-14-11-9-12-15-26/h9,11-12,14-22H,2-8,10,13H2,1H3. The minimum atomic E-state index is 0.856. The maximum absolute atomic E-state index is 6.17. The zero-order valence-electron chi connectivity index (χ0n) is 19.5. The van der Waals surface area contributed by atoms with Gasteiger partial charge in [0, 0.05) is 10.1 Å². The number of aryl methyl sites for hydroxylation is 1. The van der Waals surface area contributed by atoms with Gasteiger partial charge in [-0.1, -0.05) is 100 Å². The van der Waals surface area contributed by atoms with Crippen LogP contribution in [0.5, 0.6) is 11.5 Å². The fraction of sp³-hybridized carbons (Fsp3) is 0.333. The Morgan fingerprint density at radius 2 is 1.39 bits per heavy atom. The highest BCUT2D eigenvalue weighted by Gasteiger charge is 2.13. The molecule has 0 radical (unpaired) electrons. The molecule has 33 heavy (non-hydrogen) atoms. The van der Waals surface area contributed by atoms with Gasteiger partial charge in [-0.05, 0) is 69.7 Å². The van der Waals surface area contributed by atoms with Crippen LogP contribution >= 0.6 is 27.3 Å². The summed E-state index contributed by atoms with van der Waals surface area (Å²) in [7, 11) is 0. The molecule has 172 valence electrons.